The molecule has 0 aliphatic carbocycles. The summed E-state index contributed by atoms with van der Waals surface area (Å²) >= 11 is 0. The largest absolute Gasteiger partial charge is 0.480 e. The third kappa shape index (κ3) is 2.34. The second-order valence-electron chi connectivity index (χ2n) is 5.04. The number of aliphatic imine (C=N–C) groups is 1. The van der Waals surface area contributed by atoms with Crippen LogP contribution in [0.15, 0.2) is 64.5 Å². The molecule has 2 aromatic rings. The number of hydrogen-bond acceptors (Lipinski definition) is 4. The fraction of sp³-hybridized carbons (Fsp3) is 0.188. The molecule has 0 fully saturated rings. The van der Waals surface area contributed by atoms with E-state index in [0.717, 1.165) is 5.56 Å². The van der Waals surface area contributed by atoms with Crippen LogP contribution in [0.2, 0.25) is 0 Å². The van der Waals surface area contributed by atoms with Crippen LogP contribution in [0.25, 0.3) is 0 Å². The van der Waals surface area contributed by atoms with Crippen molar-refractivity contribution in [3.8, 4) is 0 Å². The minimum absolute atomic E-state index is 0.288. The van der Waals surface area contributed by atoms with E-state index >= 15 is 0 Å². The molecule has 1 atom stereocenters. The van der Waals surface area contributed by atoms with Crippen molar-refractivity contribution in [1.29, 1.82) is 0 Å². The number of rotatable bonds is 3. The number of benzene rings is 2. The van der Waals surface area contributed by atoms with E-state index in [1.54, 1.807) is 18.2 Å². The molecule has 1 heterocycles. The molecular formula is C16H15NO3S. The summed E-state index contributed by atoms with van der Waals surface area (Å²) in [7, 11) is -3.35. The van der Waals surface area contributed by atoms with Crippen molar-refractivity contribution in [3.63, 3.8) is 0 Å². The molecule has 21 heavy (non-hydrogen) atoms. The molecule has 0 saturated carbocycles. The molecule has 108 valence electrons. The normalized spacial score (nSPS) is 21.2. The van der Waals surface area contributed by atoms with Gasteiger partial charge in [-0.3, -0.25) is 0 Å². The topological polar surface area (TPSA) is 55.7 Å². The molecule has 0 N–H and O–H groups in total. The highest BCUT2D eigenvalue weighted by atomic mass is 32.2. The Morgan fingerprint density at radius 2 is 1.71 bits per heavy atom. The predicted molar refractivity (Wildman–Crippen MR) is 81.2 cm³/mol. The third-order valence-corrected chi connectivity index (χ3v) is 4.78. The van der Waals surface area contributed by atoms with E-state index in [9.17, 15) is 8.42 Å². The van der Waals surface area contributed by atoms with Gasteiger partial charge >= 0.3 is 0 Å². The van der Waals surface area contributed by atoms with E-state index in [4.69, 9.17) is 4.74 Å². The van der Waals surface area contributed by atoms with Gasteiger partial charge in [0.2, 0.25) is 0 Å². The first-order valence-electron chi connectivity index (χ1n) is 6.54. The summed E-state index contributed by atoms with van der Waals surface area (Å²) in [6.07, 6.45) is 2.61. The molecule has 0 amide bonds. The maximum atomic E-state index is 12.1. The highest BCUT2D eigenvalue weighted by Crippen LogP contribution is 2.39. The van der Waals surface area contributed by atoms with Gasteiger partial charge in [-0.25, -0.2) is 13.4 Å². The lowest BCUT2D eigenvalue weighted by molar-refractivity contribution is 0.288. The minimum Gasteiger partial charge on any atom is -0.480 e. The lowest BCUT2D eigenvalue weighted by Crippen LogP contribution is -2.29. The smallest absolute Gasteiger partial charge is 0.175 e. The Bertz CT molecular complexity index is 784. The van der Waals surface area contributed by atoms with Crippen molar-refractivity contribution < 1.29 is 13.2 Å². The highest BCUT2D eigenvalue weighted by Gasteiger charge is 2.40. The molecule has 0 aromatic heterocycles. The molecule has 0 saturated heterocycles. The Morgan fingerprint density at radius 3 is 2.33 bits per heavy atom. The van der Waals surface area contributed by atoms with Crippen LogP contribution in [0.4, 0.5) is 0 Å². The van der Waals surface area contributed by atoms with Crippen molar-refractivity contribution in [2.45, 2.75) is 10.4 Å². The molecule has 0 bridgehead atoms. The second-order valence-corrected chi connectivity index (χ2v) is 7.02. The molecule has 4 nitrogen and oxygen atoms in total. The average Bonchev–Trinajstić information content (AvgIpc) is 2.98. The van der Waals surface area contributed by atoms with Gasteiger partial charge in [0.05, 0.1) is 4.90 Å². The summed E-state index contributed by atoms with van der Waals surface area (Å²) in [6.45, 7) is 0.295. The van der Waals surface area contributed by atoms with Crippen LogP contribution < -0.4 is 0 Å². The number of hydrogen-bond donors (Lipinski definition) is 0. The van der Waals surface area contributed by atoms with E-state index in [2.05, 4.69) is 4.99 Å². The SMILES string of the molecule is CS(=O)(=O)c1ccccc1C1(c2ccccc2)COC=N1. The van der Waals surface area contributed by atoms with Gasteiger partial charge < -0.3 is 4.74 Å². The molecule has 3 rings (SSSR count). The van der Waals surface area contributed by atoms with E-state index in [1.165, 1.54) is 12.7 Å². The Morgan fingerprint density at radius 1 is 1.05 bits per heavy atom. The van der Waals surface area contributed by atoms with E-state index in [0.29, 0.717) is 12.2 Å². The van der Waals surface area contributed by atoms with Gasteiger partial charge in [-0.2, -0.15) is 0 Å². The molecule has 2 aromatic carbocycles. The Balaban J connectivity index is 2.28. The first-order chi connectivity index (χ1) is 10.0. The molecule has 1 aliphatic heterocycles. The molecule has 5 heteroatoms. The zero-order valence-electron chi connectivity index (χ0n) is 11.6. The zero-order valence-corrected chi connectivity index (χ0v) is 12.4. The van der Waals surface area contributed by atoms with Crippen molar-refractivity contribution in [2.75, 3.05) is 12.9 Å². The zero-order chi connectivity index (χ0) is 14.9. The summed E-state index contributed by atoms with van der Waals surface area (Å²) < 4.78 is 29.5. The fourth-order valence-corrected chi connectivity index (χ4v) is 3.59. The van der Waals surface area contributed by atoms with Gasteiger partial charge in [-0.05, 0) is 11.6 Å². The van der Waals surface area contributed by atoms with Gasteiger partial charge in [-0.1, -0.05) is 48.5 Å². The second kappa shape index (κ2) is 5.00. The Kier molecular flexibility index (Phi) is 3.29. The van der Waals surface area contributed by atoms with E-state index in [-0.39, 0.29) is 4.90 Å². The number of ether oxygens (including phenoxy) is 1. The van der Waals surface area contributed by atoms with Crippen molar-refractivity contribution in [3.05, 3.63) is 65.7 Å². The van der Waals surface area contributed by atoms with Crippen LogP contribution in [0.3, 0.4) is 0 Å². The quantitative estimate of drug-likeness (QED) is 0.874. The lowest BCUT2D eigenvalue weighted by Gasteiger charge is -2.27. The van der Waals surface area contributed by atoms with Crippen LogP contribution in [0, 0.1) is 0 Å². The fourth-order valence-electron chi connectivity index (χ4n) is 2.63. The molecular weight excluding hydrogens is 286 g/mol. The maximum Gasteiger partial charge on any atom is 0.175 e. The molecule has 0 radical (unpaired) electrons. The van der Waals surface area contributed by atoms with Gasteiger partial charge in [0.1, 0.15) is 12.1 Å². The first-order valence-corrected chi connectivity index (χ1v) is 8.43. The average molecular weight is 301 g/mol. The van der Waals surface area contributed by atoms with Crippen LogP contribution in [-0.2, 0) is 20.1 Å². The predicted octanol–water partition coefficient (Wildman–Crippen LogP) is 2.39. The number of sulfone groups is 1. The van der Waals surface area contributed by atoms with Gasteiger partial charge in [-0.15, -0.1) is 0 Å². The summed E-state index contributed by atoms with van der Waals surface area (Å²) in [6, 6.07) is 16.6. The van der Waals surface area contributed by atoms with E-state index in [1.807, 2.05) is 36.4 Å². The summed E-state index contributed by atoms with van der Waals surface area (Å²) in [4.78, 5) is 4.76. The lowest BCUT2D eigenvalue weighted by atomic mass is 9.84. The Labute approximate surface area is 124 Å². The summed E-state index contributed by atoms with van der Waals surface area (Å²) in [5, 5.41) is 0. The van der Waals surface area contributed by atoms with Crippen molar-refractivity contribution in [1.82, 2.24) is 0 Å². The number of nitrogens with zero attached hydrogens (tertiary/aromatic N) is 1. The molecule has 1 aliphatic rings. The summed E-state index contributed by atoms with van der Waals surface area (Å²) in [5.74, 6) is 0. The molecule has 1 unspecified atom stereocenters. The van der Waals surface area contributed by atoms with Gasteiger partial charge in [0.15, 0.2) is 16.2 Å². The monoisotopic (exact) mass is 301 g/mol. The minimum atomic E-state index is -3.35. The first kappa shape index (κ1) is 13.8. The van der Waals surface area contributed by atoms with Crippen LogP contribution >= 0.6 is 0 Å². The van der Waals surface area contributed by atoms with Crippen LogP contribution in [0.1, 0.15) is 11.1 Å². The maximum absolute atomic E-state index is 12.1. The van der Waals surface area contributed by atoms with E-state index < -0.39 is 15.4 Å². The Hall–Kier alpha value is -2.14. The van der Waals surface area contributed by atoms with Gasteiger partial charge in [0, 0.05) is 11.8 Å². The van der Waals surface area contributed by atoms with Crippen LogP contribution in [-0.4, -0.2) is 27.7 Å². The van der Waals surface area contributed by atoms with Crippen molar-refractivity contribution >= 4 is 16.2 Å². The van der Waals surface area contributed by atoms with Gasteiger partial charge in [0.25, 0.3) is 0 Å². The molecule has 0 spiro atoms. The van der Waals surface area contributed by atoms with Crippen molar-refractivity contribution in [2.24, 2.45) is 4.99 Å². The standard InChI is InChI=1S/C16H15NO3S/c1-21(18,19)15-10-6-5-9-14(15)16(11-20-12-17-16)13-7-3-2-4-8-13/h2-10,12H,11H2,1H3. The highest BCUT2D eigenvalue weighted by molar-refractivity contribution is 7.90. The van der Waals surface area contributed by atoms with Crippen LogP contribution in [0.5, 0.6) is 0 Å². The third-order valence-electron chi connectivity index (χ3n) is 3.62. The summed E-state index contributed by atoms with van der Waals surface area (Å²) in [5.41, 5.74) is 0.753.